The van der Waals surface area contributed by atoms with Crippen LogP contribution in [0.3, 0.4) is 0 Å². The fraction of sp³-hybridized carbons (Fsp3) is 0.588. The van der Waals surface area contributed by atoms with Crippen LogP contribution in [0.25, 0.3) is 0 Å². The average molecular weight is 420 g/mol. The van der Waals surface area contributed by atoms with E-state index in [1.54, 1.807) is 0 Å². The molecule has 1 aromatic rings. The Morgan fingerprint density at radius 3 is 2.54 bits per heavy atom. The molecule has 2 aliphatic rings. The first-order valence-corrected chi connectivity index (χ1v) is 8.92. The first-order valence-electron chi connectivity index (χ1n) is 8.13. The summed E-state index contributed by atoms with van der Waals surface area (Å²) in [6, 6.07) is 7.98. The number of rotatable bonds is 4. The van der Waals surface area contributed by atoms with Crippen LogP contribution in [0.2, 0.25) is 0 Å². The fourth-order valence-electron chi connectivity index (χ4n) is 3.46. The van der Waals surface area contributed by atoms with Crippen LogP contribution < -0.4 is 10.6 Å². The van der Waals surface area contributed by atoms with Gasteiger partial charge < -0.3 is 20.5 Å². The highest BCUT2D eigenvalue weighted by Gasteiger charge is 2.42. The first-order chi connectivity index (χ1) is 11.1. The predicted molar refractivity (Wildman–Crippen MR) is 98.5 cm³/mol. The zero-order chi connectivity index (χ0) is 16.3. The third-order valence-corrected chi connectivity index (χ3v) is 5.54. The van der Waals surface area contributed by atoms with Gasteiger partial charge in [-0.1, -0.05) is 28.1 Å². The van der Waals surface area contributed by atoms with Gasteiger partial charge in [-0.05, 0) is 30.5 Å². The predicted octanol–water partition coefficient (Wildman–Crippen LogP) is 1.62. The van der Waals surface area contributed by atoms with Crippen LogP contribution in [0.15, 0.2) is 28.7 Å². The molecular weight excluding hydrogens is 396 g/mol. The average Bonchev–Trinajstić information content (AvgIpc) is 2.99. The van der Waals surface area contributed by atoms with Crippen molar-refractivity contribution in [3.63, 3.8) is 0 Å². The molecule has 1 aromatic carbocycles. The molecule has 2 heterocycles. The normalized spacial score (nSPS) is 25.8. The number of hydrogen-bond acceptors (Lipinski definition) is 4. The Hall–Kier alpha value is -0.660. The third kappa shape index (κ3) is 4.11. The Kier molecular flexibility index (Phi) is 7.07. The van der Waals surface area contributed by atoms with E-state index in [0.29, 0.717) is 39.1 Å². The van der Waals surface area contributed by atoms with E-state index in [1.807, 2.05) is 24.3 Å². The number of amides is 1. The highest BCUT2D eigenvalue weighted by Crippen LogP contribution is 2.35. The minimum atomic E-state index is -0.532. The summed E-state index contributed by atoms with van der Waals surface area (Å²) >= 11 is 3.45. The smallest absolute Gasteiger partial charge is 0.230 e. The third-order valence-electron chi connectivity index (χ3n) is 5.01. The van der Waals surface area contributed by atoms with Gasteiger partial charge in [-0.25, -0.2) is 0 Å². The lowest BCUT2D eigenvalue weighted by molar-refractivity contribution is -0.130. The van der Waals surface area contributed by atoms with E-state index in [9.17, 15) is 9.90 Å². The van der Waals surface area contributed by atoms with Crippen LogP contribution in [0.1, 0.15) is 18.4 Å². The number of β-amino-alcohol motifs (C(OH)–C–C–N with tert-alkyl or cyclic N) is 1. The summed E-state index contributed by atoms with van der Waals surface area (Å²) < 4.78 is 6.48. The van der Waals surface area contributed by atoms with E-state index >= 15 is 0 Å². The summed E-state index contributed by atoms with van der Waals surface area (Å²) in [7, 11) is 0. The van der Waals surface area contributed by atoms with Gasteiger partial charge in [-0.3, -0.25) is 4.79 Å². The topological polar surface area (TPSA) is 70.6 Å². The first kappa shape index (κ1) is 19.7. The number of aliphatic hydroxyl groups excluding tert-OH is 1. The molecular formula is C17H24BrClN2O3. The zero-order valence-electron chi connectivity index (χ0n) is 13.5. The summed E-state index contributed by atoms with van der Waals surface area (Å²) in [4.78, 5) is 13.0. The van der Waals surface area contributed by atoms with Crippen molar-refractivity contribution in [1.82, 2.24) is 10.6 Å². The Morgan fingerprint density at radius 1 is 1.29 bits per heavy atom. The molecule has 0 bridgehead atoms. The van der Waals surface area contributed by atoms with Crippen LogP contribution in [0.5, 0.6) is 0 Å². The molecule has 2 fully saturated rings. The minimum Gasteiger partial charge on any atom is -0.391 e. The van der Waals surface area contributed by atoms with Crippen molar-refractivity contribution in [2.45, 2.75) is 24.4 Å². The number of halogens is 2. The van der Waals surface area contributed by atoms with E-state index in [2.05, 4.69) is 26.6 Å². The second kappa shape index (κ2) is 8.63. The number of ether oxygens (including phenoxy) is 1. The molecule has 0 aromatic heterocycles. The maximum absolute atomic E-state index is 13.0. The van der Waals surface area contributed by atoms with Crippen molar-refractivity contribution in [3.8, 4) is 0 Å². The van der Waals surface area contributed by atoms with E-state index in [4.69, 9.17) is 4.74 Å². The molecule has 0 radical (unpaired) electrons. The maximum Gasteiger partial charge on any atom is 0.230 e. The number of hydrogen-bond donors (Lipinski definition) is 3. The lowest BCUT2D eigenvalue weighted by Gasteiger charge is -2.36. The summed E-state index contributed by atoms with van der Waals surface area (Å²) in [6.07, 6.45) is 0.992. The van der Waals surface area contributed by atoms with E-state index in [1.165, 1.54) is 0 Å². The van der Waals surface area contributed by atoms with Gasteiger partial charge in [0.15, 0.2) is 0 Å². The molecule has 134 valence electrons. The molecule has 24 heavy (non-hydrogen) atoms. The second-order valence-corrected chi connectivity index (χ2v) is 7.31. The largest absolute Gasteiger partial charge is 0.391 e. The molecule has 0 spiro atoms. The van der Waals surface area contributed by atoms with Gasteiger partial charge in [0.1, 0.15) is 0 Å². The summed E-state index contributed by atoms with van der Waals surface area (Å²) in [5, 5.41) is 16.1. The second-order valence-electron chi connectivity index (χ2n) is 6.40. The molecule has 2 saturated heterocycles. The van der Waals surface area contributed by atoms with Gasteiger partial charge in [0.2, 0.25) is 5.91 Å². The quantitative estimate of drug-likeness (QED) is 0.693. The summed E-state index contributed by atoms with van der Waals surface area (Å²) in [5.41, 5.74) is 0.502. The van der Waals surface area contributed by atoms with Crippen LogP contribution in [-0.2, 0) is 14.9 Å². The van der Waals surface area contributed by atoms with E-state index in [0.717, 1.165) is 16.6 Å². The van der Waals surface area contributed by atoms with Crippen molar-refractivity contribution in [1.29, 1.82) is 0 Å². The van der Waals surface area contributed by atoms with Crippen LogP contribution in [0, 0.1) is 5.92 Å². The maximum atomic E-state index is 13.0. The number of carbonyl (C=O) groups excluding carboxylic acids is 1. The van der Waals surface area contributed by atoms with Crippen LogP contribution in [-0.4, -0.2) is 50.0 Å². The number of aliphatic hydroxyl groups is 1. The highest BCUT2D eigenvalue weighted by atomic mass is 79.9. The van der Waals surface area contributed by atoms with Gasteiger partial charge in [0.05, 0.1) is 11.5 Å². The lowest BCUT2D eigenvalue weighted by atomic mass is 9.73. The van der Waals surface area contributed by atoms with Gasteiger partial charge in [-0.2, -0.15) is 0 Å². The molecule has 7 heteroatoms. The Labute approximate surface area is 157 Å². The number of benzene rings is 1. The molecule has 0 aliphatic carbocycles. The Morgan fingerprint density at radius 2 is 1.96 bits per heavy atom. The van der Waals surface area contributed by atoms with Gasteiger partial charge in [-0.15, -0.1) is 12.4 Å². The van der Waals surface area contributed by atoms with Gasteiger partial charge in [0.25, 0.3) is 0 Å². The Balaban J connectivity index is 0.00000208. The lowest BCUT2D eigenvalue weighted by Crippen LogP contribution is -2.49. The summed E-state index contributed by atoms with van der Waals surface area (Å²) in [6.45, 7) is 3.04. The monoisotopic (exact) mass is 418 g/mol. The number of nitrogens with one attached hydrogen (secondary N) is 2. The molecule has 3 N–H and O–H groups in total. The van der Waals surface area contributed by atoms with Crippen molar-refractivity contribution in [2.24, 2.45) is 5.92 Å². The fourth-order valence-corrected chi connectivity index (χ4v) is 3.72. The molecule has 2 atom stereocenters. The van der Waals surface area contributed by atoms with Crippen molar-refractivity contribution in [3.05, 3.63) is 34.3 Å². The van der Waals surface area contributed by atoms with Crippen LogP contribution in [0.4, 0.5) is 0 Å². The van der Waals surface area contributed by atoms with E-state index in [-0.39, 0.29) is 30.3 Å². The van der Waals surface area contributed by atoms with Crippen molar-refractivity contribution < 1.29 is 14.6 Å². The van der Waals surface area contributed by atoms with Gasteiger partial charge in [0, 0.05) is 43.2 Å². The summed E-state index contributed by atoms with van der Waals surface area (Å²) in [5.74, 6) is 0.128. The van der Waals surface area contributed by atoms with Crippen LogP contribution >= 0.6 is 28.3 Å². The van der Waals surface area contributed by atoms with E-state index < -0.39 is 5.41 Å². The molecule has 3 rings (SSSR count). The zero-order valence-corrected chi connectivity index (χ0v) is 15.9. The molecule has 5 nitrogen and oxygen atoms in total. The molecule has 0 saturated carbocycles. The standard InChI is InChI=1S/C17H23BrN2O3.ClH/c18-14-3-1-13(2-4-14)17(5-7-23-8-6-17)16(22)20-10-12-9-19-11-15(12)21;/h1-4,12,15,19,21H,5-11H2,(H,20,22);1H. The molecule has 2 aliphatic heterocycles. The highest BCUT2D eigenvalue weighted by molar-refractivity contribution is 9.10. The number of carbonyl (C=O) groups is 1. The van der Waals surface area contributed by atoms with Crippen molar-refractivity contribution in [2.75, 3.05) is 32.8 Å². The Bertz CT molecular complexity index is 549. The minimum absolute atomic E-state index is 0. The van der Waals surface area contributed by atoms with Crippen molar-refractivity contribution >= 4 is 34.2 Å². The molecule has 1 amide bonds. The van der Waals surface area contributed by atoms with Gasteiger partial charge >= 0.3 is 0 Å². The SMILES string of the molecule is Cl.O=C(NCC1CNCC1O)C1(c2ccc(Br)cc2)CCOCC1. The molecule has 2 unspecified atom stereocenters.